The molecule has 3 rings (SSSR count). The summed E-state index contributed by atoms with van der Waals surface area (Å²) in [6, 6.07) is 11.1. The molecule has 1 heterocycles. The Bertz CT molecular complexity index is 746. The van der Waals surface area contributed by atoms with Crippen LogP contribution in [0.2, 0.25) is 13.3 Å². The number of rotatable bonds is 11. The van der Waals surface area contributed by atoms with E-state index >= 15 is 0 Å². The SMILES string of the molecule is CCC[CH2][Sn]([CH2]CCC)([CH2]CCC)[C]1=CC(C)(C)C(c2ccccc2)=NC12CCCCC2. The summed E-state index contributed by atoms with van der Waals surface area (Å²) in [5.74, 6) is 0. The topological polar surface area (TPSA) is 12.4 Å². The zero-order chi connectivity index (χ0) is 23.1. The fraction of sp³-hybridized carbons (Fsp3) is 0.700. The monoisotopic (exact) mass is 543 g/mol. The van der Waals surface area contributed by atoms with Gasteiger partial charge in [0.25, 0.3) is 0 Å². The molecule has 1 fully saturated rings. The maximum atomic E-state index is 5.87. The first-order valence-corrected chi connectivity index (χ1v) is 21.3. The van der Waals surface area contributed by atoms with Gasteiger partial charge in [-0.25, -0.2) is 0 Å². The first-order chi connectivity index (χ1) is 15.4. The molecule has 1 aromatic rings. The molecule has 1 saturated carbocycles. The van der Waals surface area contributed by atoms with E-state index in [2.05, 4.69) is 71.0 Å². The summed E-state index contributed by atoms with van der Waals surface area (Å²) in [6.07, 6.45) is 17.9. The van der Waals surface area contributed by atoms with Crippen molar-refractivity contribution in [3.8, 4) is 0 Å². The second-order valence-electron chi connectivity index (χ2n) is 11.3. The van der Waals surface area contributed by atoms with Crippen LogP contribution in [-0.2, 0) is 0 Å². The van der Waals surface area contributed by atoms with Gasteiger partial charge in [-0.15, -0.1) is 0 Å². The molecule has 178 valence electrons. The number of hydrogen-bond acceptors (Lipinski definition) is 1. The van der Waals surface area contributed by atoms with E-state index in [1.165, 1.54) is 81.9 Å². The second kappa shape index (κ2) is 11.7. The van der Waals surface area contributed by atoms with Crippen molar-refractivity contribution in [2.45, 2.75) is 124 Å². The van der Waals surface area contributed by atoms with Crippen LogP contribution < -0.4 is 0 Å². The van der Waals surface area contributed by atoms with Crippen LogP contribution in [0.3, 0.4) is 0 Å². The fourth-order valence-electron chi connectivity index (χ4n) is 6.50. The second-order valence-corrected chi connectivity index (χ2v) is 24.4. The van der Waals surface area contributed by atoms with Gasteiger partial charge in [-0.3, -0.25) is 0 Å². The standard InChI is InChI=1S/C18H22N.3C4H9.Sn/c1-17(2)13-14-18(11-7-4-8-12-18)19-16(17)15-9-5-3-6-10-15;3*1-3-4-2;/h3,5-6,9-10,13H,4,7-8,11-12H2,1-2H3;3*1,3-4H2,2H3;. The summed E-state index contributed by atoms with van der Waals surface area (Å²) in [6.45, 7) is 12.1. The molecule has 0 saturated heterocycles. The van der Waals surface area contributed by atoms with E-state index in [4.69, 9.17) is 4.99 Å². The zero-order valence-electron chi connectivity index (χ0n) is 21.8. The molecule has 1 spiro atoms. The molecule has 1 aliphatic carbocycles. The Morgan fingerprint density at radius 2 is 1.31 bits per heavy atom. The van der Waals surface area contributed by atoms with Crippen molar-refractivity contribution in [2.75, 3.05) is 0 Å². The van der Waals surface area contributed by atoms with E-state index in [-0.39, 0.29) is 11.0 Å². The average Bonchev–Trinajstić information content (AvgIpc) is 2.81. The average molecular weight is 542 g/mol. The summed E-state index contributed by atoms with van der Waals surface area (Å²) >= 11 is -2.56. The molecule has 0 N–H and O–H groups in total. The molecule has 0 amide bonds. The van der Waals surface area contributed by atoms with Gasteiger partial charge in [0.1, 0.15) is 0 Å². The van der Waals surface area contributed by atoms with E-state index in [0.29, 0.717) is 0 Å². The van der Waals surface area contributed by atoms with Crippen molar-refractivity contribution in [2.24, 2.45) is 10.4 Å². The predicted molar refractivity (Wildman–Crippen MR) is 146 cm³/mol. The third-order valence-corrected chi connectivity index (χ3v) is 24.5. The molecule has 0 bridgehead atoms. The Kier molecular flexibility index (Phi) is 9.53. The van der Waals surface area contributed by atoms with Gasteiger partial charge < -0.3 is 0 Å². The van der Waals surface area contributed by atoms with Crippen LogP contribution in [0, 0.1) is 5.41 Å². The Hall–Kier alpha value is -0.571. The van der Waals surface area contributed by atoms with Crippen molar-refractivity contribution < 1.29 is 0 Å². The Labute approximate surface area is 203 Å². The maximum absolute atomic E-state index is 5.87. The van der Waals surface area contributed by atoms with Gasteiger partial charge in [-0.05, 0) is 0 Å². The van der Waals surface area contributed by atoms with E-state index < -0.39 is 18.4 Å². The predicted octanol–water partition coefficient (Wildman–Crippen LogP) is 9.53. The molecule has 0 aromatic heterocycles. The van der Waals surface area contributed by atoms with E-state index in [9.17, 15) is 0 Å². The molecule has 0 atom stereocenters. The van der Waals surface area contributed by atoms with E-state index in [1.807, 2.05) is 3.59 Å². The number of dihydropyridines is 1. The molecule has 2 aliphatic rings. The van der Waals surface area contributed by atoms with Crippen molar-refractivity contribution in [3.63, 3.8) is 0 Å². The van der Waals surface area contributed by atoms with Gasteiger partial charge in [0, 0.05) is 0 Å². The first kappa shape index (κ1) is 26.0. The summed E-state index contributed by atoms with van der Waals surface area (Å²) in [7, 11) is 0. The number of aliphatic imine (C=N–C) groups is 1. The van der Waals surface area contributed by atoms with Crippen LogP contribution >= 0.6 is 0 Å². The normalized spacial score (nSPS) is 20.2. The summed E-state index contributed by atoms with van der Waals surface area (Å²) < 4.78 is 6.65. The Balaban J connectivity index is 2.16. The summed E-state index contributed by atoms with van der Waals surface area (Å²) in [5.41, 5.74) is 2.86. The van der Waals surface area contributed by atoms with Gasteiger partial charge in [-0.2, -0.15) is 0 Å². The van der Waals surface area contributed by atoms with Crippen LogP contribution in [0.1, 0.15) is 111 Å². The third-order valence-electron chi connectivity index (χ3n) is 8.27. The molecule has 1 aliphatic heterocycles. The van der Waals surface area contributed by atoms with Gasteiger partial charge in [-0.1, -0.05) is 0 Å². The fourth-order valence-corrected chi connectivity index (χ4v) is 25.4. The first-order valence-electron chi connectivity index (χ1n) is 13.8. The number of benzene rings is 1. The molecule has 1 aromatic carbocycles. The van der Waals surface area contributed by atoms with Gasteiger partial charge >= 0.3 is 204 Å². The van der Waals surface area contributed by atoms with Crippen molar-refractivity contribution in [1.29, 1.82) is 0 Å². The van der Waals surface area contributed by atoms with Crippen molar-refractivity contribution >= 4 is 24.1 Å². The van der Waals surface area contributed by atoms with Gasteiger partial charge in [0.15, 0.2) is 0 Å². The molecule has 2 heteroatoms. The van der Waals surface area contributed by atoms with Crippen LogP contribution in [0.15, 0.2) is 45.0 Å². The minimum absolute atomic E-state index is 0.0339. The number of unbranched alkanes of at least 4 members (excludes halogenated alkanes) is 3. The molecular formula is C30H49NSn. The number of nitrogens with zero attached hydrogens (tertiary/aromatic N) is 1. The van der Waals surface area contributed by atoms with Crippen LogP contribution in [0.5, 0.6) is 0 Å². The Morgan fingerprint density at radius 3 is 1.81 bits per heavy atom. The number of hydrogen-bond donors (Lipinski definition) is 0. The van der Waals surface area contributed by atoms with Crippen molar-refractivity contribution in [3.05, 3.63) is 45.6 Å². The number of allylic oxidation sites excluding steroid dienone is 1. The van der Waals surface area contributed by atoms with Crippen LogP contribution in [-0.4, -0.2) is 29.6 Å². The van der Waals surface area contributed by atoms with Crippen molar-refractivity contribution in [1.82, 2.24) is 0 Å². The third kappa shape index (κ3) is 5.73. The quantitative estimate of drug-likeness (QED) is 0.247. The van der Waals surface area contributed by atoms with Gasteiger partial charge in [0.05, 0.1) is 0 Å². The molecular weight excluding hydrogens is 493 g/mol. The summed E-state index contributed by atoms with van der Waals surface area (Å²) in [4.78, 5) is 5.87. The summed E-state index contributed by atoms with van der Waals surface area (Å²) in [5, 5.41) is 0. The van der Waals surface area contributed by atoms with Crippen LogP contribution in [0.25, 0.3) is 0 Å². The van der Waals surface area contributed by atoms with Crippen LogP contribution in [0.4, 0.5) is 0 Å². The molecule has 0 radical (unpaired) electrons. The van der Waals surface area contributed by atoms with Gasteiger partial charge in [0.2, 0.25) is 0 Å². The van der Waals surface area contributed by atoms with E-state index in [1.54, 1.807) is 13.3 Å². The minimum atomic E-state index is -2.56. The molecule has 32 heavy (non-hydrogen) atoms. The molecule has 1 nitrogen and oxygen atoms in total. The zero-order valence-corrected chi connectivity index (χ0v) is 24.7. The van der Waals surface area contributed by atoms with E-state index in [0.717, 1.165) is 0 Å². The molecule has 0 unspecified atom stereocenters. The Morgan fingerprint density at radius 1 is 0.781 bits per heavy atom.